The first-order chi connectivity index (χ1) is 9.60. The SMILES string of the molecule is CCc1nc(C(=O)NCc2ccc([N+](=O)[O-])cc2)n[nH]1. The molecule has 1 aromatic heterocycles. The van der Waals surface area contributed by atoms with Gasteiger partial charge >= 0.3 is 0 Å². The molecule has 2 rings (SSSR count). The van der Waals surface area contributed by atoms with E-state index in [-0.39, 0.29) is 24.0 Å². The molecule has 0 aliphatic carbocycles. The summed E-state index contributed by atoms with van der Waals surface area (Å²) in [7, 11) is 0. The number of hydrogen-bond donors (Lipinski definition) is 2. The van der Waals surface area contributed by atoms with Gasteiger partial charge in [-0.3, -0.25) is 20.0 Å². The number of nitrogens with one attached hydrogen (secondary N) is 2. The van der Waals surface area contributed by atoms with Crippen LogP contribution in [-0.2, 0) is 13.0 Å². The van der Waals surface area contributed by atoms with Gasteiger partial charge in [0.15, 0.2) is 0 Å². The highest BCUT2D eigenvalue weighted by Gasteiger charge is 2.11. The minimum Gasteiger partial charge on any atom is -0.345 e. The van der Waals surface area contributed by atoms with Gasteiger partial charge in [-0.1, -0.05) is 19.1 Å². The lowest BCUT2D eigenvalue weighted by molar-refractivity contribution is -0.384. The molecule has 2 aromatic rings. The summed E-state index contributed by atoms with van der Waals surface area (Å²) in [6.45, 7) is 2.16. The van der Waals surface area contributed by atoms with E-state index in [0.29, 0.717) is 12.2 Å². The smallest absolute Gasteiger partial charge is 0.291 e. The van der Waals surface area contributed by atoms with Gasteiger partial charge in [0.05, 0.1) is 4.92 Å². The summed E-state index contributed by atoms with van der Waals surface area (Å²) >= 11 is 0. The maximum atomic E-state index is 11.8. The van der Waals surface area contributed by atoms with E-state index in [1.54, 1.807) is 12.1 Å². The molecule has 8 nitrogen and oxygen atoms in total. The summed E-state index contributed by atoms with van der Waals surface area (Å²) in [6, 6.07) is 5.97. The van der Waals surface area contributed by atoms with Crippen LogP contribution >= 0.6 is 0 Å². The third-order valence-electron chi connectivity index (χ3n) is 2.67. The Labute approximate surface area is 114 Å². The maximum Gasteiger partial charge on any atom is 0.291 e. The summed E-state index contributed by atoms with van der Waals surface area (Å²) in [5.74, 6) is 0.341. The molecular weight excluding hydrogens is 262 g/mol. The molecule has 0 aliphatic rings. The van der Waals surface area contributed by atoms with Crippen LogP contribution in [0.25, 0.3) is 0 Å². The average molecular weight is 275 g/mol. The molecule has 20 heavy (non-hydrogen) atoms. The average Bonchev–Trinajstić information content (AvgIpc) is 2.94. The normalized spacial score (nSPS) is 10.2. The van der Waals surface area contributed by atoms with Gasteiger partial charge < -0.3 is 5.32 Å². The zero-order valence-electron chi connectivity index (χ0n) is 10.8. The quantitative estimate of drug-likeness (QED) is 0.628. The fraction of sp³-hybridized carbons (Fsp3) is 0.250. The van der Waals surface area contributed by atoms with Gasteiger partial charge in [0.2, 0.25) is 5.82 Å². The van der Waals surface area contributed by atoms with Crippen LogP contribution in [0.3, 0.4) is 0 Å². The number of aromatic amines is 1. The number of carbonyl (C=O) groups excluding carboxylic acids is 1. The van der Waals surface area contributed by atoms with Crippen LogP contribution in [0.1, 0.15) is 28.9 Å². The van der Waals surface area contributed by atoms with Crippen molar-refractivity contribution in [1.29, 1.82) is 0 Å². The number of hydrogen-bond acceptors (Lipinski definition) is 5. The van der Waals surface area contributed by atoms with Crippen molar-refractivity contribution in [1.82, 2.24) is 20.5 Å². The van der Waals surface area contributed by atoms with Crippen molar-refractivity contribution in [2.45, 2.75) is 19.9 Å². The van der Waals surface area contributed by atoms with Gasteiger partial charge in [0, 0.05) is 25.1 Å². The van der Waals surface area contributed by atoms with Gasteiger partial charge in [0.25, 0.3) is 11.6 Å². The molecule has 0 saturated carbocycles. The number of H-pyrrole nitrogens is 1. The number of non-ortho nitro benzene ring substituents is 1. The Hall–Kier alpha value is -2.77. The first-order valence-electron chi connectivity index (χ1n) is 6.03. The van der Waals surface area contributed by atoms with E-state index >= 15 is 0 Å². The summed E-state index contributed by atoms with van der Waals surface area (Å²) < 4.78 is 0. The zero-order chi connectivity index (χ0) is 14.5. The molecule has 2 N–H and O–H groups in total. The Kier molecular flexibility index (Phi) is 4.04. The van der Waals surface area contributed by atoms with E-state index in [2.05, 4.69) is 20.5 Å². The predicted molar refractivity (Wildman–Crippen MR) is 70.0 cm³/mol. The maximum absolute atomic E-state index is 11.8. The first-order valence-corrected chi connectivity index (χ1v) is 6.03. The minimum absolute atomic E-state index is 0.0154. The lowest BCUT2D eigenvalue weighted by Gasteiger charge is -2.02. The van der Waals surface area contributed by atoms with E-state index < -0.39 is 4.92 Å². The van der Waals surface area contributed by atoms with Gasteiger partial charge in [0.1, 0.15) is 5.82 Å². The number of aryl methyl sites for hydroxylation is 1. The van der Waals surface area contributed by atoms with Crippen molar-refractivity contribution in [3.63, 3.8) is 0 Å². The summed E-state index contributed by atoms with van der Waals surface area (Å²) in [4.78, 5) is 25.8. The minimum atomic E-state index is -0.470. The monoisotopic (exact) mass is 275 g/mol. The molecule has 1 amide bonds. The molecule has 1 heterocycles. The van der Waals surface area contributed by atoms with Crippen molar-refractivity contribution in [3.8, 4) is 0 Å². The van der Waals surface area contributed by atoms with Crippen molar-refractivity contribution in [2.75, 3.05) is 0 Å². The number of aromatic nitrogens is 3. The molecule has 0 atom stereocenters. The number of nitro benzene ring substituents is 1. The zero-order valence-corrected chi connectivity index (χ0v) is 10.8. The predicted octanol–water partition coefficient (Wildman–Crippen LogP) is 1.21. The van der Waals surface area contributed by atoms with Crippen molar-refractivity contribution < 1.29 is 9.72 Å². The molecule has 0 aliphatic heterocycles. The fourth-order valence-corrected chi connectivity index (χ4v) is 1.55. The highest BCUT2D eigenvalue weighted by Crippen LogP contribution is 2.11. The topological polar surface area (TPSA) is 114 Å². The van der Waals surface area contributed by atoms with Crippen LogP contribution in [-0.4, -0.2) is 26.0 Å². The Morgan fingerprint density at radius 2 is 2.10 bits per heavy atom. The van der Waals surface area contributed by atoms with E-state index in [4.69, 9.17) is 0 Å². The lowest BCUT2D eigenvalue weighted by Crippen LogP contribution is -2.24. The summed E-state index contributed by atoms with van der Waals surface area (Å²) in [6.07, 6.45) is 0.669. The molecule has 104 valence electrons. The van der Waals surface area contributed by atoms with Crippen molar-refractivity contribution >= 4 is 11.6 Å². The Bertz CT molecular complexity index is 620. The third kappa shape index (κ3) is 3.16. The van der Waals surface area contributed by atoms with Gasteiger partial charge in [-0.25, -0.2) is 4.98 Å². The van der Waals surface area contributed by atoms with Crippen LogP contribution < -0.4 is 5.32 Å². The molecule has 1 aromatic carbocycles. The fourth-order valence-electron chi connectivity index (χ4n) is 1.55. The number of nitro groups is 1. The van der Waals surface area contributed by atoms with E-state index in [9.17, 15) is 14.9 Å². The van der Waals surface area contributed by atoms with E-state index in [1.807, 2.05) is 6.92 Å². The third-order valence-corrected chi connectivity index (χ3v) is 2.67. The standard InChI is InChI=1S/C12H13N5O3/c1-2-10-14-11(16-15-10)12(18)13-7-8-3-5-9(6-4-8)17(19)20/h3-6H,2,7H2,1H3,(H,13,18)(H,14,15,16). The van der Waals surface area contributed by atoms with Gasteiger partial charge in [-0.05, 0) is 5.56 Å². The van der Waals surface area contributed by atoms with Crippen LogP contribution in [0.5, 0.6) is 0 Å². The van der Waals surface area contributed by atoms with Crippen LogP contribution in [0, 0.1) is 10.1 Å². The Morgan fingerprint density at radius 1 is 1.40 bits per heavy atom. The second-order valence-electron chi connectivity index (χ2n) is 4.07. The number of nitrogens with zero attached hydrogens (tertiary/aromatic N) is 3. The highest BCUT2D eigenvalue weighted by molar-refractivity contribution is 5.90. The summed E-state index contributed by atoms with van der Waals surface area (Å²) in [5.41, 5.74) is 0.775. The Balaban J connectivity index is 1.94. The highest BCUT2D eigenvalue weighted by atomic mass is 16.6. The van der Waals surface area contributed by atoms with Gasteiger partial charge in [-0.15, -0.1) is 5.10 Å². The second-order valence-corrected chi connectivity index (χ2v) is 4.07. The number of amides is 1. The second kappa shape index (κ2) is 5.91. The molecular formula is C12H13N5O3. The van der Waals surface area contributed by atoms with E-state index in [1.165, 1.54) is 12.1 Å². The molecule has 8 heteroatoms. The Morgan fingerprint density at radius 3 is 2.65 bits per heavy atom. The van der Waals surface area contributed by atoms with Gasteiger partial charge in [-0.2, -0.15) is 0 Å². The van der Waals surface area contributed by atoms with Crippen molar-refractivity contribution in [2.24, 2.45) is 0 Å². The lowest BCUT2D eigenvalue weighted by atomic mass is 10.2. The molecule has 0 fully saturated rings. The molecule has 0 unspecified atom stereocenters. The van der Waals surface area contributed by atoms with Crippen LogP contribution in [0.15, 0.2) is 24.3 Å². The summed E-state index contributed by atoms with van der Waals surface area (Å²) in [5, 5.41) is 19.6. The first kappa shape index (κ1) is 13.7. The molecule has 0 spiro atoms. The number of rotatable bonds is 5. The molecule has 0 saturated heterocycles. The molecule has 0 radical (unpaired) electrons. The molecule has 0 bridgehead atoms. The largest absolute Gasteiger partial charge is 0.345 e. The number of benzene rings is 1. The van der Waals surface area contributed by atoms with Crippen LogP contribution in [0.4, 0.5) is 5.69 Å². The van der Waals surface area contributed by atoms with E-state index in [0.717, 1.165) is 5.56 Å². The number of carbonyl (C=O) groups is 1. The van der Waals surface area contributed by atoms with Crippen LogP contribution in [0.2, 0.25) is 0 Å². The van der Waals surface area contributed by atoms with Crippen molar-refractivity contribution in [3.05, 3.63) is 51.6 Å².